The zero-order valence-electron chi connectivity index (χ0n) is 23.7. The number of pyridine rings is 1. The molecule has 2 heterocycles. The van der Waals surface area contributed by atoms with Crippen LogP contribution in [0.1, 0.15) is 32.6 Å². The first-order valence-electron chi connectivity index (χ1n) is 12.9. The summed E-state index contributed by atoms with van der Waals surface area (Å²) in [5.74, 6) is -0.489. The number of carboxylic acids is 1. The Balaban J connectivity index is 0.00000205. The second kappa shape index (κ2) is 13.8. The molecule has 0 aliphatic carbocycles. The Kier molecular flexibility index (Phi) is 11.5. The molecule has 0 radical (unpaired) electrons. The van der Waals surface area contributed by atoms with Crippen LogP contribution in [0.2, 0.25) is 0 Å². The maximum atomic E-state index is 13.1. The van der Waals surface area contributed by atoms with Gasteiger partial charge in [0.2, 0.25) is 0 Å². The van der Waals surface area contributed by atoms with Gasteiger partial charge in [0.1, 0.15) is 5.82 Å². The highest BCUT2D eigenvalue weighted by molar-refractivity contribution is 7.92. The van der Waals surface area contributed by atoms with Crippen molar-refractivity contribution in [3.63, 3.8) is 0 Å². The number of rotatable bonds is 6. The van der Waals surface area contributed by atoms with E-state index in [0.717, 1.165) is 18.7 Å². The first-order chi connectivity index (χ1) is 18.5. The molecule has 0 unspecified atom stereocenters. The van der Waals surface area contributed by atoms with E-state index in [1.807, 2.05) is 13.0 Å². The fraction of sp³-hybridized carbons (Fsp3) is 0.267. The van der Waals surface area contributed by atoms with Crippen molar-refractivity contribution < 1.29 is 18.3 Å². The number of piperazine rings is 1. The van der Waals surface area contributed by atoms with Crippen molar-refractivity contribution in [3.05, 3.63) is 88.5 Å². The average molecular weight is 654 g/mol. The molecule has 1 aliphatic heterocycles. The van der Waals surface area contributed by atoms with Crippen molar-refractivity contribution in [2.24, 2.45) is 0 Å². The van der Waals surface area contributed by atoms with Crippen molar-refractivity contribution in [1.82, 2.24) is 4.98 Å². The minimum Gasteiger partial charge on any atom is -0.478 e. The van der Waals surface area contributed by atoms with Crippen molar-refractivity contribution >= 4 is 81.3 Å². The Morgan fingerprint density at radius 1 is 0.786 bits per heavy atom. The van der Waals surface area contributed by atoms with Crippen LogP contribution in [0.5, 0.6) is 0 Å². The number of anilines is 3. The molecule has 3 aromatic carbocycles. The van der Waals surface area contributed by atoms with Gasteiger partial charge in [0.05, 0.1) is 16.0 Å². The smallest absolute Gasteiger partial charge is 0.336 e. The van der Waals surface area contributed by atoms with Crippen LogP contribution in [0.25, 0.3) is 10.9 Å². The number of aromatic carboxylic acids is 1. The van der Waals surface area contributed by atoms with Gasteiger partial charge in [-0.3, -0.25) is 4.72 Å². The molecule has 0 bridgehead atoms. The summed E-state index contributed by atoms with van der Waals surface area (Å²) in [5.41, 5.74) is 6.00. The van der Waals surface area contributed by atoms with E-state index in [-0.39, 0.29) is 53.4 Å². The molecule has 1 saturated heterocycles. The van der Waals surface area contributed by atoms with Gasteiger partial charge >= 0.3 is 5.97 Å². The summed E-state index contributed by atoms with van der Waals surface area (Å²) < 4.78 is 28.8. The second-order valence-electron chi connectivity index (χ2n) is 10.2. The number of carboxylic acid groups (broad SMARTS) is 1. The average Bonchev–Trinajstić information content (AvgIpc) is 2.90. The summed E-state index contributed by atoms with van der Waals surface area (Å²) in [6, 6.07) is 18.1. The summed E-state index contributed by atoms with van der Waals surface area (Å²) in [6.45, 7) is 10.8. The van der Waals surface area contributed by atoms with Gasteiger partial charge in [-0.05, 0) is 86.3 Å². The maximum Gasteiger partial charge on any atom is 0.336 e. The number of hydrogen-bond acceptors (Lipinski definition) is 6. The van der Waals surface area contributed by atoms with Crippen LogP contribution in [0, 0.1) is 27.7 Å². The van der Waals surface area contributed by atoms with Crippen LogP contribution < -0.4 is 14.5 Å². The molecule has 1 aliphatic rings. The zero-order valence-corrected chi connectivity index (χ0v) is 27.0. The summed E-state index contributed by atoms with van der Waals surface area (Å²) >= 11 is 0. The number of fused-ring (bicyclic) bond motifs is 1. The number of sulfonamides is 1. The SMILES string of the molecule is Cc1ccc(C)c(N2CCN(c3cc(C(=O)O)c4cc(NS(=O)(=O)c5cc(C)ccc5C)ccc4n3)CC2)c1.Cl.Cl.Cl. The predicted octanol–water partition coefficient (Wildman–Crippen LogP) is 6.56. The largest absolute Gasteiger partial charge is 0.478 e. The van der Waals surface area contributed by atoms with Crippen molar-refractivity contribution in [1.29, 1.82) is 0 Å². The Morgan fingerprint density at radius 3 is 2.02 bits per heavy atom. The highest BCUT2D eigenvalue weighted by atomic mass is 35.5. The lowest BCUT2D eigenvalue weighted by Gasteiger charge is -2.37. The maximum absolute atomic E-state index is 13.1. The van der Waals surface area contributed by atoms with Crippen LogP contribution in [0.15, 0.2) is 65.6 Å². The Bertz CT molecular complexity index is 1710. The van der Waals surface area contributed by atoms with Crippen LogP contribution in [-0.4, -0.2) is 50.7 Å². The molecule has 0 amide bonds. The molecule has 4 aromatic rings. The van der Waals surface area contributed by atoms with Crippen LogP contribution in [0.4, 0.5) is 17.2 Å². The Hall–Kier alpha value is -3.24. The normalized spacial score (nSPS) is 13.0. The molecule has 1 aromatic heterocycles. The van der Waals surface area contributed by atoms with Gasteiger partial charge in [0.15, 0.2) is 0 Å². The van der Waals surface area contributed by atoms with E-state index in [0.29, 0.717) is 35.4 Å². The number of benzene rings is 3. The molecule has 226 valence electrons. The Labute approximate surface area is 265 Å². The van der Waals surface area contributed by atoms with Crippen LogP contribution in [-0.2, 0) is 10.0 Å². The monoisotopic (exact) mass is 652 g/mol. The van der Waals surface area contributed by atoms with E-state index in [2.05, 4.69) is 46.6 Å². The van der Waals surface area contributed by atoms with E-state index in [1.54, 1.807) is 37.3 Å². The molecule has 8 nitrogen and oxygen atoms in total. The highest BCUT2D eigenvalue weighted by Crippen LogP contribution is 2.29. The highest BCUT2D eigenvalue weighted by Gasteiger charge is 2.23. The zero-order chi connectivity index (χ0) is 27.9. The number of hydrogen-bond donors (Lipinski definition) is 2. The molecule has 0 atom stereocenters. The molecular formula is C30H35Cl3N4O4S. The van der Waals surface area contributed by atoms with E-state index in [1.165, 1.54) is 22.9 Å². The molecule has 42 heavy (non-hydrogen) atoms. The van der Waals surface area contributed by atoms with Crippen LogP contribution >= 0.6 is 37.2 Å². The summed E-state index contributed by atoms with van der Waals surface area (Å²) in [6.07, 6.45) is 0. The molecule has 0 saturated carbocycles. The van der Waals surface area contributed by atoms with Crippen LogP contribution in [0.3, 0.4) is 0 Å². The number of aromatic nitrogens is 1. The topological polar surface area (TPSA) is 103 Å². The molecule has 0 spiro atoms. The quantitative estimate of drug-likeness (QED) is 0.243. The van der Waals surface area contributed by atoms with E-state index >= 15 is 0 Å². The molecule has 12 heteroatoms. The molecule has 5 rings (SSSR count). The predicted molar refractivity (Wildman–Crippen MR) is 178 cm³/mol. The standard InChI is InChI=1S/C30H32N4O4S.3ClH/c1-19-5-7-21(3)27(15-19)33-11-13-34(14-12-33)29-18-25(30(35)36)24-17-23(9-10-26(24)31-29)32-39(37,38)28-16-20(2)6-8-22(28)4;;;/h5-10,15-18,32H,11-14H2,1-4H3,(H,35,36);3*1H. The summed E-state index contributed by atoms with van der Waals surface area (Å²) in [7, 11) is -3.86. The second-order valence-corrected chi connectivity index (χ2v) is 11.9. The van der Waals surface area contributed by atoms with E-state index in [9.17, 15) is 18.3 Å². The fourth-order valence-corrected chi connectivity index (χ4v) is 6.44. The van der Waals surface area contributed by atoms with Gasteiger partial charge < -0.3 is 14.9 Å². The van der Waals surface area contributed by atoms with E-state index < -0.39 is 16.0 Å². The van der Waals surface area contributed by atoms with Gasteiger partial charge in [-0.15, -0.1) is 37.2 Å². The van der Waals surface area contributed by atoms with Crippen molar-refractivity contribution in [3.8, 4) is 0 Å². The van der Waals surface area contributed by atoms with Gasteiger partial charge in [-0.1, -0.05) is 24.3 Å². The lowest BCUT2D eigenvalue weighted by atomic mass is 10.1. The molecule has 1 fully saturated rings. The first kappa shape index (κ1) is 35.0. The minimum atomic E-state index is -3.86. The number of nitrogens with zero attached hydrogens (tertiary/aromatic N) is 3. The summed E-state index contributed by atoms with van der Waals surface area (Å²) in [4.78, 5) is 21.7. The first-order valence-corrected chi connectivity index (χ1v) is 14.4. The van der Waals surface area contributed by atoms with Gasteiger partial charge in [0.25, 0.3) is 10.0 Å². The third-order valence-corrected chi connectivity index (χ3v) is 8.74. The Morgan fingerprint density at radius 2 is 1.38 bits per heavy atom. The third-order valence-electron chi connectivity index (χ3n) is 7.22. The van der Waals surface area contributed by atoms with Gasteiger partial charge in [-0.2, -0.15) is 0 Å². The molecule has 2 N–H and O–H groups in total. The fourth-order valence-electron chi connectivity index (χ4n) is 5.06. The van der Waals surface area contributed by atoms with Crippen molar-refractivity contribution in [2.45, 2.75) is 32.6 Å². The van der Waals surface area contributed by atoms with E-state index in [4.69, 9.17) is 4.98 Å². The molecular weight excluding hydrogens is 619 g/mol. The van der Waals surface area contributed by atoms with Gasteiger partial charge in [-0.25, -0.2) is 18.2 Å². The number of nitrogens with one attached hydrogen (secondary N) is 1. The summed E-state index contributed by atoms with van der Waals surface area (Å²) in [5, 5.41) is 10.4. The van der Waals surface area contributed by atoms with Crippen molar-refractivity contribution in [2.75, 3.05) is 40.7 Å². The number of halogens is 3. The van der Waals surface area contributed by atoms with Gasteiger partial charge in [0, 0.05) is 42.9 Å². The number of aryl methyl sites for hydroxylation is 4. The third kappa shape index (κ3) is 7.21. The number of carbonyl (C=O) groups is 1. The lowest BCUT2D eigenvalue weighted by molar-refractivity contribution is 0.0699. The minimum absolute atomic E-state index is 0. The lowest BCUT2D eigenvalue weighted by Crippen LogP contribution is -2.47.